The van der Waals surface area contributed by atoms with Crippen LogP contribution in [-0.4, -0.2) is 20.8 Å². The largest absolute Gasteiger partial charge is 0.383 e. The molecule has 0 radical (unpaired) electrons. The average Bonchev–Trinajstić information content (AvgIpc) is 2.72. The lowest BCUT2D eigenvalue weighted by atomic mass is 10.1. The molecule has 1 aromatic carbocycles. The lowest BCUT2D eigenvalue weighted by Gasteiger charge is -2.04. The van der Waals surface area contributed by atoms with Crippen molar-refractivity contribution in [3.63, 3.8) is 0 Å². The Bertz CT molecular complexity index is 721. The molecular formula is C13H12ClN3O2S. The Morgan fingerprint density at radius 3 is 2.85 bits per heavy atom. The summed E-state index contributed by atoms with van der Waals surface area (Å²) < 4.78 is 1.02. The van der Waals surface area contributed by atoms with Crippen molar-refractivity contribution in [2.45, 2.75) is 0 Å². The number of nitrogens with two attached hydrogens (primary N) is 1. The number of benzene rings is 1. The van der Waals surface area contributed by atoms with E-state index in [1.807, 2.05) is 0 Å². The fraction of sp³-hybridized carbons (Fsp3) is 0.0769. The fourth-order valence-corrected chi connectivity index (χ4v) is 2.47. The molecule has 2 rings (SSSR count). The molecule has 0 aliphatic carbocycles. The van der Waals surface area contributed by atoms with Crippen molar-refractivity contribution in [3.05, 3.63) is 52.3 Å². The standard InChI is InChI=1S/C13H12ClN3O2S/c1-2-7-20-13(19)17-11(15)10(12(18)16-17)8-5-3-4-6-9(8)14/h2-6H,1,7,15H2,(H,16,18). The first-order chi connectivity index (χ1) is 9.56. The topological polar surface area (TPSA) is 80.9 Å². The van der Waals surface area contributed by atoms with Gasteiger partial charge in [-0.05, 0) is 6.07 Å². The van der Waals surface area contributed by atoms with Gasteiger partial charge in [-0.3, -0.25) is 14.7 Å². The number of nitrogens with zero attached hydrogens (tertiary/aromatic N) is 1. The second-order valence-corrected chi connectivity index (χ2v) is 5.26. The number of aromatic amines is 1. The van der Waals surface area contributed by atoms with Crippen LogP contribution in [0.2, 0.25) is 5.02 Å². The molecule has 0 bridgehead atoms. The number of carbonyl (C=O) groups is 1. The molecule has 0 amide bonds. The van der Waals surface area contributed by atoms with Gasteiger partial charge in [0.1, 0.15) is 5.82 Å². The molecule has 0 saturated carbocycles. The lowest BCUT2D eigenvalue weighted by molar-refractivity contribution is 0.260. The summed E-state index contributed by atoms with van der Waals surface area (Å²) in [5.41, 5.74) is 6.13. The van der Waals surface area contributed by atoms with Crippen molar-refractivity contribution < 1.29 is 4.79 Å². The van der Waals surface area contributed by atoms with Gasteiger partial charge in [0.25, 0.3) is 5.56 Å². The Hall–Kier alpha value is -1.92. The third kappa shape index (κ3) is 2.66. The minimum Gasteiger partial charge on any atom is -0.383 e. The number of H-pyrrole nitrogens is 1. The third-order valence-corrected chi connectivity index (χ3v) is 3.75. The predicted octanol–water partition coefficient (Wildman–Crippen LogP) is 2.97. The predicted molar refractivity (Wildman–Crippen MR) is 83.4 cm³/mol. The molecule has 2 aromatic rings. The summed E-state index contributed by atoms with van der Waals surface area (Å²) in [6, 6.07) is 6.82. The van der Waals surface area contributed by atoms with Crippen LogP contribution >= 0.6 is 23.4 Å². The minimum atomic E-state index is -0.455. The Balaban J connectivity index is 2.50. The highest BCUT2D eigenvalue weighted by Gasteiger charge is 2.19. The normalized spacial score (nSPS) is 10.4. The number of rotatable bonds is 3. The summed E-state index contributed by atoms with van der Waals surface area (Å²) >= 11 is 7.04. The molecule has 7 heteroatoms. The minimum absolute atomic E-state index is 0.0460. The van der Waals surface area contributed by atoms with E-state index in [2.05, 4.69) is 11.7 Å². The molecule has 20 heavy (non-hydrogen) atoms. The first-order valence-electron chi connectivity index (χ1n) is 5.69. The van der Waals surface area contributed by atoms with Gasteiger partial charge in [-0.1, -0.05) is 47.6 Å². The summed E-state index contributed by atoms with van der Waals surface area (Å²) in [5.74, 6) is 0.476. The zero-order valence-electron chi connectivity index (χ0n) is 10.4. The van der Waals surface area contributed by atoms with Gasteiger partial charge in [-0.15, -0.1) is 6.58 Å². The van der Waals surface area contributed by atoms with Crippen LogP contribution in [0.25, 0.3) is 11.1 Å². The van der Waals surface area contributed by atoms with Crippen LogP contribution in [0.3, 0.4) is 0 Å². The summed E-state index contributed by atoms with van der Waals surface area (Å²) in [6.45, 7) is 3.53. The Morgan fingerprint density at radius 1 is 1.50 bits per heavy atom. The van der Waals surface area contributed by atoms with Crippen molar-refractivity contribution in [2.75, 3.05) is 11.5 Å². The van der Waals surface area contributed by atoms with Crippen molar-refractivity contribution in [3.8, 4) is 11.1 Å². The Labute approximate surface area is 124 Å². The van der Waals surface area contributed by atoms with E-state index < -0.39 is 5.56 Å². The highest BCUT2D eigenvalue weighted by atomic mass is 35.5. The van der Waals surface area contributed by atoms with Crippen molar-refractivity contribution in [1.29, 1.82) is 0 Å². The van der Waals surface area contributed by atoms with E-state index in [0.717, 1.165) is 16.4 Å². The van der Waals surface area contributed by atoms with Gasteiger partial charge < -0.3 is 5.73 Å². The van der Waals surface area contributed by atoms with Crippen molar-refractivity contribution >= 4 is 34.4 Å². The average molecular weight is 310 g/mol. The SMILES string of the molecule is C=CCSC(=O)n1[nH]c(=O)c(-c2ccccc2Cl)c1N. The monoisotopic (exact) mass is 309 g/mol. The molecule has 104 valence electrons. The number of halogens is 1. The molecule has 0 aliphatic heterocycles. The van der Waals surface area contributed by atoms with E-state index in [-0.39, 0.29) is 16.6 Å². The fourth-order valence-electron chi connectivity index (χ4n) is 1.71. The van der Waals surface area contributed by atoms with Gasteiger partial charge in [0.15, 0.2) is 0 Å². The molecule has 0 spiro atoms. The number of thioether (sulfide) groups is 1. The summed E-state index contributed by atoms with van der Waals surface area (Å²) in [7, 11) is 0. The zero-order chi connectivity index (χ0) is 14.7. The van der Waals surface area contributed by atoms with Crippen molar-refractivity contribution in [1.82, 2.24) is 9.78 Å². The van der Waals surface area contributed by atoms with E-state index in [1.54, 1.807) is 30.3 Å². The molecule has 0 atom stereocenters. The summed E-state index contributed by atoms with van der Waals surface area (Å²) in [4.78, 5) is 23.9. The maximum Gasteiger partial charge on any atom is 0.306 e. The number of anilines is 1. The number of hydrogen-bond acceptors (Lipinski definition) is 4. The van der Waals surface area contributed by atoms with Gasteiger partial charge >= 0.3 is 5.24 Å². The molecule has 0 fully saturated rings. The van der Waals surface area contributed by atoms with Gasteiger partial charge in [0, 0.05) is 16.3 Å². The third-order valence-electron chi connectivity index (χ3n) is 2.59. The zero-order valence-corrected chi connectivity index (χ0v) is 12.0. The molecule has 0 unspecified atom stereocenters. The number of hydrogen-bond donors (Lipinski definition) is 2. The van der Waals surface area contributed by atoms with Gasteiger partial charge in [-0.2, -0.15) is 4.68 Å². The molecule has 1 aromatic heterocycles. The first kappa shape index (κ1) is 14.5. The maximum atomic E-state index is 12.0. The molecule has 0 saturated heterocycles. The van der Waals surface area contributed by atoms with Crippen LogP contribution in [0.15, 0.2) is 41.7 Å². The molecule has 3 N–H and O–H groups in total. The van der Waals surface area contributed by atoms with Crippen LogP contribution < -0.4 is 11.3 Å². The van der Waals surface area contributed by atoms with Crippen LogP contribution in [0.5, 0.6) is 0 Å². The van der Waals surface area contributed by atoms with Crippen LogP contribution in [-0.2, 0) is 0 Å². The number of nitrogen functional groups attached to an aromatic ring is 1. The van der Waals surface area contributed by atoms with Crippen molar-refractivity contribution in [2.24, 2.45) is 0 Å². The van der Waals surface area contributed by atoms with Crippen LogP contribution in [0.4, 0.5) is 10.6 Å². The number of aromatic nitrogens is 2. The van der Waals surface area contributed by atoms with E-state index >= 15 is 0 Å². The summed E-state index contributed by atoms with van der Waals surface area (Å²) in [6.07, 6.45) is 1.59. The van der Waals surface area contributed by atoms with E-state index in [9.17, 15) is 9.59 Å². The van der Waals surface area contributed by atoms with Gasteiger partial charge in [-0.25, -0.2) is 0 Å². The molecular weight excluding hydrogens is 298 g/mol. The maximum absolute atomic E-state index is 12.0. The second kappa shape index (κ2) is 6.02. The summed E-state index contributed by atoms with van der Waals surface area (Å²) in [5, 5.41) is 2.44. The highest BCUT2D eigenvalue weighted by molar-refractivity contribution is 8.13. The second-order valence-electron chi connectivity index (χ2n) is 3.88. The molecule has 5 nitrogen and oxygen atoms in total. The molecule has 0 aliphatic rings. The smallest absolute Gasteiger partial charge is 0.306 e. The highest BCUT2D eigenvalue weighted by Crippen LogP contribution is 2.29. The lowest BCUT2D eigenvalue weighted by Crippen LogP contribution is -2.13. The quantitative estimate of drug-likeness (QED) is 0.854. The van der Waals surface area contributed by atoms with E-state index in [0.29, 0.717) is 16.3 Å². The van der Waals surface area contributed by atoms with Crippen LogP contribution in [0, 0.1) is 0 Å². The van der Waals surface area contributed by atoms with Gasteiger partial charge in [0.05, 0.1) is 5.56 Å². The Morgan fingerprint density at radius 2 is 2.20 bits per heavy atom. The Kier molecular flexibility index (Phi) is 4.36. The number of nitrogens with one attached hydrogen (secondary N) is 1. The first-order valence-corrected chi connectivity index (χ1v) is 7.06. The van der Waals surface area contributed by atoms with Gasteiger partial charge in [0.2, 0.25) is 0 Å². The van der Waals surface area contributed by atoms with Crippen LogP contribution in [0.1, 0.15) is 0 Å². The number of carbonyl (C=O) groups excluding carboxylic acids is 1. The van der Waals surface area contributed by atoms with E-state index in [4.69, 9.17) is 17.3 Å². The molecule has 1 heterocycles. The van der Waals surface area contributed by atoms with E-state index in [1.165, 1.54) is 0 Å².